The van der Waals surface area contributed by atoms with E-state index in [2.05, 4.69) is 83.2 Å². The average molecular weight is 569 g/mol. The van der Waals surface area contributed by atoms with Gasteiger partial charge in [-0.2, -0.15) is 0 Å². The molecule has 2 aromatic heterocycles. The standard InChI is InChI=1S/C21H21Br3N4/c1-11-5-7-27(8-6-11)20-18-12(2)13(3)28(21(18)26-14(4)25-20)19-16(23)9-15(22)10-17(19)24/h1,9-11H,5-8H2,2-4H3. The van der Waals surface area contributed by atoms with E-state index in [1.807, 2.05) is 6.92 Å². The van der Waals surface area contributed by atoms with E-state index in [-0.39, 0.29) is 5.92 Å². The predicted molar refractivity (Wildman–Crippen MR) is 125 cm³/mol. The highest BCUT2D eigenvalue weighted by molar-refractivity contribution is 9.11. The van der Waals surface area contributed by atoms with E-state index in [1.54, 1.807) is 0 Å². The topological polar surface area (TPSA) is 34.0 Å². The van der Waals surface area contributed by atoms with Crippen molar-refractivity contribution in [2.75, 3.05) is 18.0 Å². The quantitative estimate of drug-likeness (QED) is 0.351. The number of anilines is 1. The van der Waals surface area contributed by atoms with Crippen molar-refractivity contribution >= 4 is 64.6 Å². The van der Waals surface area contributed by atoms with Gasteiger partial charge in [-0.25, -0.2) is 9.97 Å². The van der Waals surface area contributed by atoms with Crippen molar-refractivity contribution in [3.8, 4) is 5.69 Å². The SMILES string of the molecule is [CH]C1CCN(c2nc(C)nc3c2c(C)c(C)n3-c2c(Br)cc(Br)cc2Br)CC1. The molecule has 0 bridgehead atoms. The summed E-state index contributed by atoms with van der Waals surface area (Å²) in [5, 5.41) is 1.13. The largest absolute Gasteiger partial charge is 0.356 e. The summed E-state index contributed by atoms with van der Waals surface area (Å²) >= 11 is 11.0. The van der Waals surface area contributed by atoms with Crippen molar-refractivity contribution in [3.63, 3.8) is 0 Å². The van der Waals surface area contributed by atoms with Crippen LogP contribution in [0, 0.1) is 33.6 Å². The molecule has 0 saturated carbocycles. The zero-order valence-corrected chi connectivity index (χ0v) is 20.8. The first kappa shape index (κ1) is 20.4. The Morgan fingerprint density at radius 2 is 1.61 bits per heavy atom. The van der Waals surface area contributed by atoms with Crippen LogP contribution in [0.2, 0.25) is 0 Å². The van der Waals surface area contributed by atoms with Crippen LogP contribution in [0.3, 0.4) is 0 Å². The van der Waals surface area contributed by atoms with E-state index in [4.69, 9.17) is 16.9 Å². The molecule has 4 rings (SSSR count). The maximum atomic E-state index is 6.12. The second kappa shape index (κ2) is 7.73. The Kier molecular flexibility index (Phi) is 5.62. The molecule has 0 amide bonds. The molecule has 3 heterocycles. The second-order valence-electron chi connectivity index (χ2n) is 7.38. The summed E-state index contributed by atoms with van der Waals surface area (Å²) in [4.78, 5) is 12.1. The van der Waals surface area contributed by atoms with Gasteiger partial charge < -0.3 is 4.90 Å². The van der Waals surface area contributed by atoms with Crippen LogP contribution in [0.15, 0.2) is 25.6 Å². The number of fused-ring (bicyclic) bond motifs is 1. The Morgan fingerprint density at radius 1 is 1.00 bits per heavy atom. The summed E-state index contributed by atoms with van der Waals surface area (Å²) in [6.45, 7) is 14.3. The van der Waals surface area contributed by atoms with Gasteiger partial charge in [0.15, 0.2) is 5.65 Å². The zero-order chi connectivity index (χ0) is 20.2. The van der Waals surface area contributed by atoms with Crippen molar-refractivity contribution < 1.29 is 0 Å². The van der Waals surface area contributed by atoms with Gasteiger partial charge in [-0.1, -0.05) is 15.9 Å². The summed E-state index contributed by atoms with van der Waals surface area (Å²) in [5.41, 5.74) is 4.36. The Balaban J connectivity index is 1.99. The molecule has 0 N–H and O–H groups in total. The summed E-state index contributed by atoms with van der Waals surface area (Å²) in [6.07, 6.45) is 1.99. The Labute approximate surface area is 191 Å². The van der Waals surface area contributed by atoms with Gasteiger partial charge in [0.05, 0.1) is 11.1 Å². The van der Waals surface area contributed by atoms with Crippen LogP contribution in [0.5, 0.6) is 0 Å². The molecule has 146 valence electrons. The van der Waals surface area contributed by atoms with Crippen LogP contribution in [-0.2, 0) is 0 Å². The third-order valence-corrected chi connectivity index (χ3v) is 7.16. The molecule has 0 spiro atoms. The molecule has 0 atom stereocenters. The minimum atomic E-state index is 0.289. The second-order valence-corrected chi connectivity index (χ2v) is 10.0. The van der Waals surface area contributed by atoms with Crippen LogP contribution < -0.4 is 4.90 Å². The average Bonchev–Trinajstić information content (AvgIpc) is 2.86. The number of rotatable bonds is 2. The molecular weight excluding hydrogens is 548 g/mol. The number of piperidine rings is 1. The van der Waals surface area contributed by atoms with Crippen LogP contribution in [0.25, 0.3) is 16.7 Å². The molecule has 1 saturated heterocycles. The molecule has 2 radical (unpaired) electrons. The number of nitrogens with zero attached hydrogens (tertiary/aromatic N) is 4. The fourth-order valence-electron chi connectivity index (χ4n) is 3.91. The van der Waals surface area contributed by atoms with Crippen molar-refractivity contribution in [2.24, 2.45) is 5.92 Å². The minimum absolute atomic E-state index is 0.289. The first-order valence-corrected chi connectivity index (χ1v) is 11.7. The lowest BCUT2D eigenvalue weighted by Crippen LogP contribution is -2.33. The molecule has 1 aliphatic heterocycles. The van der Waals surface area contributed by atoms with Gasteiger partial charge in [0.25, 0.3) is 0 Å². The Bertz CT molecular complexity index is 1040. The van der Waals surface area contributed by atoms with E-state index in [0.717, 1.165) is 73.4 Å². The van der Waals surface area contributed by atoms with Crippen LogP contribution in [0.4, 0.5) is 5.82 Å². The van der Waals surface area contributed by atoms with Gasteiger partial charge in [-0.05, 0) is 96.0 Å². The Morgan fingerprint density at radius 3 is 2.21 bits per heavy atom. The molecule has 3 aromatic rings. The van der Waals surface area contributed by atoms with Gasteiger partial charge in [-0.15, -0.1) is 0 Å². The minimum Gasteiger partial charge on any atom is -0.356 e. The lowest BCUT2D eigenvalue weighted by molar-refractivity contribution is 0.474. The molecule has 0 aliphatic carbocycles. The maximum absolute atomic E-state index is 6.12. The van der Waals surface area contributed by atoms with Crippen molar-refractivity contribution in [3.05, 3.63) is 49.6 Å². The first-order chi connectivity index (χ1) is 13.3. The number of aromatic nitrogens is 3. The highest BCUT2D eigenvalue weighted by atomic mass is 79.9. The van der Waals surface area contributed by atoms with E-state index in [0.29, 0.717) is 0 Å². The lowest BCUT2D eigenvalue weighted by Gasteiger charge is -2.31. The van der Waals surface area contributed by atoms with Gasteiger partial charge in [0.1, 0.15) is 11.6 Å². The molecule has 0 unspecified atom stereocenters. The number of hydrogen-bond acceptors (Lipinski definition) is 3. The molecule has 28 heavy (non-hydrogen) atoms. The molecule has 1 aromatic carbocycles. The van der Waals surface area contributed by atoms with Crippen LogP contribution >= 0.6 is 47.8 Å². The molecular formula is C21H21Br3N4. The number of halogens is 3. The molecule has 7 heteroatoms. The van der Waals surface area contributed by atoms with E-state index >= 15 is 0 Å². The van der Waals surface area contributed by atoms with E-state index in [1.165, 1.54) is 5.56 Å². The van der Waals surface area contributed by atoms with Crippen molar-refractivity contribution in [1.29, 1.82) is 0 Å². The smallest absolute Gasteiger partial charge is 0.150 e. The predicted octanol–water partition coefficient (Wildman–Crippen LogP) is 6.56. The first-order valence-electron chi connectivity index (χ1n) is 9.29. The lowest BCUT2D eigenvalue weighted by atomic mass is 9.99. The van der Waals surface area contributed by atoms with Crippen molar-refractivity contribution in [2.45, 2.75) is 33.6 Å². The molecule has 1 aliphatic rings. The van der Waals surface area contributed by atoms with E-state index < -0.39 is 0 Å². The van der Waals surface area contributed by atoms with Gasteiger partial charge in [0.2, 0.25) is 0 Å². The fourth-order valence-corrected chi connectivity index (χ4v) is 6.52. The number of hydrogen-bond donors (Lipinski definition) is 0. The van der Waals surface area contributed by atoms with Gasteiger partial charge >= 0.3 is 0 Å². The highest BCUT2D eigenvalue weighted by Crippen LogP contribution is 2.40. The number of aryl methyl sites for hydroxylation is 2. The van der Waals surface area contributed by atoms with Crippen molar-refractivity contribution in [1.82, 2.24) is 14.5 Å². The van der Waals surface area contributed by atoms with E-state index in [9.17, 15) is 0 Å². The zero-order valence-electron chi connectivity index (χ0n) is 16.1. The summed E-state index contributed by atoms with van der Waals surface area (Å²) in [5.74, 6) is 2.09. The summed E-state index contributed by atoms with van der Waals surface area (Å²) < 4.78 is 5.22. The van der Waals surface area contributed by atoms with Crippen LogP contribution in [0.1, 0.15) is 29.9 Å². The van der Waals surface area contributed by atoms with Crippen LogP contribution in [-0.4, -0.2) is 27.6 Å². The third-order valence-electron chi connectivity index (χ3n) is 5.49. The number of benzene rings is 1. The fraction of sp³-hybridized carbons (Fsp3) is 0.381. The Hall–Kier alpha value is -0.920. The molecule has 1 fully saturated rings. The summed E-state index contributed by atoms with van der Waals surface area (Å²) in [6, 6.07) is 4.11. The highest BCUT2D eigenvalue weighted by Gasteiger charge is 2.25. The maximum Gasteiger partial charge on any atom is 0.150 e. The molecule has 4 nitrogen and oxygen atoms in total. The van der Waals surface area contributed by atoms with Gasteiger partial charge in [0, 0.05) is 32.2 Å². The third kappa shape index (κ3) is 3.43. The normalized spacial score (nSPS) is 15.6. The summed E-state index contributed by atoms with van der Waals surface area (Å²) in [7, 11) is 0. The van der Waals surface area contributed by atoms with Gasteiger partial charge in [-0.3, -0.25) is 4.57 Å². The monoisotopic (exact) mass is 566 g/mol.